The molecule has 18 heavy (non-hydrogen) atoms. The van der Waals surface area contributed by atoms with Crippen LogP contribution in [0.2, 0.25) is 0 Å². The first kappa shape index (κ1) is 14.7. The molecule has 0 amide bonds. The molecule has 0 saturated heterocycles. The van der Waals surface area contributed by atoms with E-state index >= 15 is 0 Å². The highest BCUT2D eigenvalue weighted by Crippen LogP contribution is 2.30. The Morgan fingerprint density at radius 2 is 1.89 bits per heavy atom. The number of hydrogen-bond acceptors (Lipinski definition) is 3. The topological polar surface area (TPSA) is 32.3 Å². The van der Waals surface area contributed by atoms with E-state index in [2.05, 4.69) is 24.0 Å². The summed E-state index contributed by atoms with van der Waals surface area (Å²) in [5.74, 6) is 1.27. The van der Waals surface area contributed by atoms with Gasteiger partial charge < -0.3 is 10.4 Å². The molecule has 0 bridgehead atoms. The van der Waals surface area contributed by atoms with Gasteiger partial charge in [-0.1, -0.05) is 19.3 Å². The summed E-state index contributed by atoms with van der Waals surface area (Å²) < 4.78 is 0. The van der Waals surface area contributed by atoms with E-state index in [1.165, 1.54) is 57.1 Å². The minimum absolute atomic E-state index is 0.0334. The fourth-order valence-electron chi connectivity index (χ4n) is 2.86. The van der Waals surface area contributed by atoms with E-state index < -0.39 is 0 Å². The summed E-state index contributed by atoms with van der Waals surface area (Å²) in [5, 5.41) is 14.1. The van der Waals surface area contributed by atoms with Crippen LogP contribution in [0, 0.1) is 0 Å². The SMILES string of the molecule is CC(CO)(CCCSC1CCCCC1)NC1CC1. The number of hydrogen-bond donors (Lipinski definition) is 2. The number of aliphatic hydroxyl groups excluding tert-OH is 1. The number of nitrogens with one attached hydrogen (secondary N) is 1. The average Bonchev–Trinajstić information content (AvgIpc) is 3.20. The van der Waals surface area contributed by atoms with Crippen molar-refractivity contribution >= 4 is 11.8 Å². The van der Waals surface area contributed by atoms with Crippen molar-refractivity contribution in [3.63, 3.8) is 0 Å². The smallest absolute Gasteiger partial charge is 0.0610 e. The van der Waals surface area contributed by atoms with Gasteiger partial charge in [0.15, 0.2) is 0 Å². The lowest BCUT2D eigenvalue weighted by Crippen LogP contribution is -2.47. The monoisotopic (exact) mass is 271 g/mol. The summed E-state index contributed by atoms with van der Waals surface area (Å²) in [6, 6.07) is 0.688. The molecule has 2 fully saturated rings. The Morgan fingerprint density at radius 3 is 2.50 bits per heavy atom. The lowest BCUT2D eigenvalue weighted by molar-refractivity contribution is 0.163. The van der Waals surface area contributed by atoms with E-state index in [1.54, 1.807) is 0 Å². The quantitative estimate of drug-likeness (QED) is 0.664. The molecule has 0 aliphatic heterocycles. The molecule has 0 aromatic carbocycles. The van der Waals surface area contributed by atoms with Crippen molar-refractivity contribution in [2.24, 2.45) is 0 Å². The van der Waals surface area contributed by atoms with Crippen LogP contribution in [0.25, 0.3) is 0 Å². The van der Waals surface area contributed by atoms with Crippen LogP contribution in [0.15, 0.2) is 0 Å². The van der Waals surface area contributed by atoms with E-state index in [0.29, 0.717) is 6.04 Å². The molecular weight excluding hydrogens is 242 g/mol. The molecule has 0 aromatic heterocycles. The van der Waals surface area contributed by atoms with Gasteiger partial charge in [0, 0.05) is 16.8 Å². The van der Waals surface area contributed by atoms with Crippen LogP contribution >= 0.6 is 11.8 Å². The van der Waals surface area contributed by atoms with Crippen LogP contribution in [0.3, 0.4) is 0 Å². The van der Waals surface area contributed by atoms with Crippen LogP contribution in [0.5, 0.6) is 0 Å². The second-order valence-corrected chi connectivity index (χ2v) is 7.78. The van der Waals surface area contributed by atoms with Crippen LogP contribution in [-0.2, 0) is 0 Å². The first-order valence-corrected chi connectivity index (χ1v) is 8.77. The predicted molar refractivity (Wildman–Crippen MR) is 80.2 cm³/mol. The molecule has 2 aliphatic carbocycles. The van der Waals surface area contributed by atoms with Gasteiger partial charge in [-0.05, 0) is 51.2 Å². The standard InChI is InChI=1S/C15H29NOS/c1-15(12-17,16-13-8-9-13)10-5-11-18-14-6-3-2-4-7-14/h13-14,16-17H,2-12H2,1H3. The van der Waals surface area contributed by atoms with Crippen LogP contribution in [-0.4, -0.2) is 34.3 Å². The second kappa shape index (κ2) is 7.16. The Bertz CT molecular complexity index is 239. The van der Waals surface area contributed by atoms with Gasteiger partial charge in [-0.25, -0.2) is 0 Å². The second-order valence-electron chi connectivity index (χ2n) is 6.37. The normalized spacial score (nSPS) is 25.0. The van der Waals surface area contributed by atoms with Gasteiger partial charge >= 0.3 is 0 Å². The molecule has 2 saturated carbocycles. The molecule has 2 aliphatic rings. The fourth-order valence-corrected chi connectivity index (χ4v) is 4.17. The minimum Gasteiger partial charge on any atom is -0.394 e. The van der Waals surface area contributed by atoms with E-state index in [4.69, 9.17) is 0 Å². The van der Waals surface area contributed by atoms with Crippen LogP contribution in [0.1, 0.15) is 64.7 Å². The van der Waals surface area contributed by atoms with Crippen molar-refractivity contribution in [3.8, 4) is 0 Å². The van der Waals surface area contributed by atoms with Crippen molar-refractivity contribution in [1.29, 1.82) is 0 Å². The molecule has 0 heterocycles. The van der Waals surface area contributed by atoms with Gasteiger partial charge in [0.05, 0.1) is 6.61 Å². The Balaban J connectivity index is 1.57. The summed E-state index contributed by atoms with van der Waals surface area (Å²) in [7, 11) is 0. The maximum Gasteiger partial charge on any atom is 0.0610 e. The van der Waals surface area contributed by atoms with E-state index in [0.717, 1.165) is 11.7 Å². The zero-order chi connectivity index (χ0) is 12.8. The van der Waals surface area contributed by atoms with Gasteiger partial charge in [0.25, 0.3) is 0 Å². The molecule has 1 atom stereocenters. The minimum atomic E-state index is -0.0334. The molecule has 3 heteroatoms. The van der Waals surface area contributed by atoms with Crippen LogP contribution in [0.4, 0.5) is 0 Å². The molecular formula is C15H29NOS. The summed E-state index contributed by atoms with van der Waals surface area (Å²) in [4.78, 5) is 0. The zero-order valence-corrected chi connectivity index (χ0v) is 12.6. The summed E-state index contributed by atoms with van der Waals surface area (Å²) >= 11 is 2.17. The van der Waals surface area contributed by atoms with Gasteiger partial charge in [-0.3, -0.25) is 0 Å². The highest BCUT2D eigenvalue weighted by molar-refractivity contribution is 7.99. The molecule has 2 rings (SSSR count). The third-order valence-electron chi connectivity index (χ3n) is 4.26. The first-order valence-electron chi connectivity index (χ1n) is 7.72. The Labute approximate surface area is 116 Å². The van der Waals surface area contributed by atoms with Crippen LogP contribution < -0.4 is 5.32 Å². The molecule has 1 unspecified atom stereocenters. The summed E-state index contributed by atoms with van der Waals surface area (Å²) in [5.41, 5.74) is -0.0334. The number of aliphatic hydroxyl groups is 1. The molecule has 0 spiro atoms. The largest absolute Gasteiger partial charge is 0.394 e. The van der Waals surface area contributed by atoms with Gasteiger partial charge in [-0.15, -0.1) is 0 Å². The molecule has 0 radical (unpaired) electrons. The lowest BCUT2D eigenvalue weighted by Gasteiger charge is -2.29. The van der Waals surface area contributed by atoms with Crippen molar-refractivity contribution in [2.45, 2.75) is 81.5 Å². The first-order chi connectivity index (χ1) is 8.72. The number of rotatable bonds is 8. The third kappa shape index (κ3) is 5.10. The van der Waals surface area contributed by atoms with Gasteiger partial charge in [0.1, 0.15) is 0 Å². The third-order valence-corrected chi connectivity index (χ3v) is 5.72. The van der Waals surface area contributed by atoms with Gasteiger partial charge in [-0.2, -0.15) is 11.8 Å². The molecule has 2 nitrogen and oxygen atoms in total. The predicted octanol–water partition coefficient (Wildman–Crippen LogP) is 3.34. The van der Waals surface area contributed by atoms with E-state index in [1.807, 2.05) is 0 Å². The maximum atomic E-state index is 9.54. The van der Waals surface area contributed by atoms with Crippen molar-refractivity contribution in [3.05, 3.63) is 0 Å². The van der Waals surface area contributed by atoms with Crippen molar-refractivity contribution < 1.29 is 5.11 Å². The van der Waals surface area contributed by atoms with Gasteiger partial charge in [0.2, 0.25) is 0 Å². The maximum absolute atomic E-state index is 9.54. The highest BCUT2D eigenvalue weighted by Gasteiger charge is 2.31. The Kier molecular flexibility index (Phi) is 5.84. The Hall–Kier alpha value is 0.270. The summed E-state index contributed by atoms with van der Waals surface area (Å²) in [6.07, 6.45) is 12.1. The Morgan fingerprint density at radius 1 is 1.17 bits per heavy atom. The van der Waals surface area contributed by atoms with Crippen molar-refractivity contribution in [2.75, 3.05) is 12.4 Å². The van der Waals surface area contributed by atoms with E-state index in [-0.39, 0.29) is 12.1 Å². The van der Waals surface area contributed by atoms with E-state index in [9.17, 15) is 5.11 Å². The average molecular weight is 271 g/mol. The van der Waals surface area contributed by atoms with Crippen molar-refractivity contribution in [1.82, 2.24) is 5.32 Å². The number of thioether (sulfide) groups is 1. The molecule has 2 N–H and O–H groups in total. The summed E-state index contributed by atoms with van der Waals surface area (Å²) in [6.45, 7) is 2.45. The molecule has 0 aromatic rings. The fraction of sp³-hybridized carbons (Fsp3) is 1.00. The molecule has 106 valence electrons. The lowest BCUT2D eigenvalue weighted by atomic mass is 9.97. The zero-order valence-electron chi connectivity index (χ0n) is 11.8. The highest BCUT2D eigenvalue weighted by atomic mass is 32.2.